The Kier molecular flexibility index (Phi) is 2.88. The third kappa shape index (κ3) is 1.82. The Morgan fingerprint density at radius 2 is 1.54 bits per heavy atom. The molecule has 0 spiro atoms. The van der Waals surface area contributed by atoms with Crippen molar-refractivity contribution in [3.8, 4) is 11.4 Å². The molecule has 5 rings (SSSR count). The van der Waals surface area contributed by atoms with Gasteiger partial charge in [-0.15, -0.1) is 0 Å². The van der Waals surface area contributed by atoms with Crippen molar-refractivity contribution in [1.29, 1.82) is 0 Å². The number of imidazole rings is 1. The van der Waals surface area contributed by atoms with E-state index in [-0.39, 0.29) is 0 Å². The smallest absolute Gasteiger partial charge is 0.269 e. The molecule has 2 heterocycles. The van der Waals surface area contributed by atoms with E-state index in [1.165, 1.54) is 43.3 Å². The summed E-state index contributed by atoms with van der Waals surface area (Å²) >= 11 is 1.84. The minimum atomic E-state index is 1.20. The van der Waals surface area contributed by atoms with Gasteiger partial charge in [0.1, 0.15) is 0 Å². The van der Waals surface area contributed by atoms with Crippen molar-refractivity contribution in [3.63, 3.8) is 0 Å². The first-order valence-corrected chi connectivity index (χ1v) is 8.88. The van der Waals surface area contributed by atoms with E-state index >= 15 is 0 Å². The Morgan fingerprint density at radius 3 is 2.38 bits per heavy atom. The van der Waals surface area contributed by atoms with Gasteiger partial charge in [-0.1, -0.05) is 66.4 Å². The lowest BCUT2D eigenvalue weighted by atomic mass is 10.1. The largest absolute Gasteiger partial charge is 0.291 e. The molecule has 24 heavy (non-hydrogen) atoms. The summed E-state index contributed by atoms with van der Waals surface area (Å²) in [6.07, 6.45) is 3.61. The van der Waals surface area contributed by atoms with Gasteiger partial charge in [0.2, 0.25) is 0 Å². The van der Waals surface area contributed by atoms with E-state index in [4.69, 9.17) is 0 Å². The first-order valence-electron chi connectivity index (χ1n) is 8.07. The highest BCUT2D eigenvalue weighted by molar-refractivity contribution is 7.99. The van der Waals surface area contributed by atoms with Crippen LogP contribution in [0.15, 0.2) is 70.5 Å². The average molecular weight is 328 g/mol. The average Bonchev–Trinajstić information content (AvgIpc) is 2.96. The number of hydrogen-bond donors (Lipinski definition) is 0. The highest BCUT2D eigenvalue weighted by Gasteiger charge is 2.22. The molecule has 4 aromatic rings. The summed E-state index contributed by atoms with van der Waals surface area (Å²) in [5, 5.41) is 0. The maximum atomic E-state index is 3.61. The van der Waals surface area contributed by atoms with Crippen molar-refractivity contribution in [2.75, 3.05) is 0 Å². The summed E-state index contributed by atoms with van der Waals surface area (Å²) in [6, 6.07) is 21.5. The Morgan fingerprint density at radius 1 is 0.833 bits per heavy atom. The normalized spacial score (nSPS) is 12.4. The minimum Gasteiger partial charge on any atom is -0.291 e. The van der Waals surface area contributed by atoms with Gasteiger partial charge in [-0.25, -0.2) is 0 Å². The molecule has 0 N–H and O–H groups in total. The van der Waals surface area contributed by atoms with Crippen molar-refractivity contribution < 1.29 is 4.57 Å². The van der Waals surface area contributed by atoms with Crippen LogP contribution in [0.4, 0.5) is 0 Å². The molecule has 0 fully saturated rings. The third-order valence-corrected chi connectivity index (χ3v) is 5.75. The zero-order chi connectivity index (χ0) is 16.3. The number of aromatic nitrogens is 2. The number of nitrogens with zero attached hydrogens (tertiary/aromatic N) is 2. The number of para-hydroxylation sites is 3. The molecule has 0 aliphatic carbocycles. The second kappa shape index (κ2) is 4.99. The fraction of sp³-hybridized carbons (Fsp3) is 0.0952. The third-order valence-electron chi connectivity index (χ3n) is 4.63. The summed E-state index contributed by atoms with van der Waals surface area (Å²) in [7, 11) is 0. The van der Waals surface area contributed by atoms with Crippen LogP contribution in [0.2, 0.25) is 0 Å². The van der Waals surface area contributed by atoms with Gasteiger partial charge in [0, 0.05) is 9.79 Å². The fourth-order valence-electron chi connectivity index (χ4n) is 3.55. The monoisotopic (exact) mass is 328 g/mol. The zero-order valence-corrected chi connectivity index (χ0v) is 14.4. The first kappa shape index (κ1) is 13.9. The molecule has 3 heteroatoms. The van der Waals surface area contributed by atoms with Crippen LogP contribution in [0.1, 0.15) is 11.1 Å². The standard InChI is InChI=1S/C21H16N2S/c1-14-7-5-8-15(2)20(14)23-13-22-16-9-3-4-11-18(16)24-19-12-6-10-17(23)21(19)22/h3-12H,1-2H3. The zero-order valence-electron chi connectivity index (χ0n) is 13.6. The number of hydrogen-bond acceptors (Lipinski definition) is 1. The van der Waals surface area contributed by atoms with Gasteiger partial charge >= 0.3 is 0 Å². The van der Waals surface area contributed by atoms with Crippen LogP contribution >= 0.6 is 11.8 Å². The Hall–Kier alpha value is -2.52. The second-order valence-electron chi connectivity index (χ2n) is 6.20. The molecule has 1 aliphatic heterocycles. The summed E-state index contributed by atoms with van der Waals surface area (Å²) in [5.74, 6) is 0. The van der Waals surface area contributed by atoms with E-state index < -0.39 is 0 Å². The lowest BCUT2D eigenvalue weighted by Crippen LogP contribution is -2.32. The fourth-order valence-corrected chi connectivity index (χ4v) is 4.64. The van der Waals surface area contributed by atoms with Gasteiger partial charge in [-0.3, -0.25) is 9.13 Å². The summed E-state index contributed by atoms with van der Waals surface area (Å²) < 4.78 is 4.43. The van der Waals surface area contributed by atoms with Crippen molar-refractivity contribution in [3.05, 3.63) is 78.1 Å². The van der Waals surface area contributed by atoms with Crippen LogP contribution in [0.3, 0.4) is 0 Å². The summed E-state index contributed by atoms with van der Waals surface area (Å²) in [5.41, 5.74) is 7.40. The first-order chi connectivity index (χ1) is 11.7. The van der Waals surface area contributed by atoms with E-state index in [1.807, 2.05) is 11.8 Å². The van der Waals surface area contributed by atoms with E-state index in [1.54, 1.807) is 0 Å². The molecule has 0 radical (unpaired) electrons. The van der Waals surface area contributed by atoms with Crippen LogP contribution in [0.25, 0.3) is 22.4 Å². The van der Waals surface area contributed by atoms with Crippen LogP contribution in [0, 0.1) is 20.2 Å². The quantitative estimate of drug-likeness (QED) is 0.317. The molecule has 0 atom stereocenters. The number of fused-ring (bicyclic) bond motifs is 2. The molecule has 2 nitrogen and oxygen atoms in total. The van der Waals surface area contributed by atoms with Crippen LogP contribution in [-0.4, -0.2) is 4.57 Å². The Bertz CT molecular complexity index is 1090. The Labute approximate surface area is 145 Å². The lowest BCUT2D eigenvalue weighted by Gasteiger charge is -2.17. The molecule has 1 aromatic heterocycles. The van der Waals surface area contributed by atoms with Gasteiger partial charge < -0.3 is 0 Å². The topological polar surface area (TPSA) is 8.81 Å². The van der Waals surface area contributed by atoms with Crippen LogP contribution < -0.4 is 4.57 Å². The number of aryl methyl sites for hydroxylation is 2. The molecule has 0 unspecified atom stereocenters. The van der Waals surface area contributed by atoms with Gasteiger partial charge in [0.15, 0.2) is 0 Å². The number of rotatable bonds is 1. The lowest BCUT2D eigenvalue weighted by molar-refractivity contribution is -0.577. The van der Waals surface area contributed by atoms with E-state index in [2.05, 4.69) is 90.0 Å². The van der Waals surface area contributed by atoms with E-state index in [9.17, 15) is 0 Å². The SMILES string of the molecule is Cc1cccc(C)c1-n1[c-][n+]2c3c(cccc31)Sc1ccccc1-2. The molecule has 3 aromatic carbocycles. The molecule has 0 amide bonds. The molecule has 116 valence electrons. The molecular weight excluding hydrogens is 312 g/mol. The van der Waals surface area contributed by atoms with E-state index in [0.29, 0.717) is 0 Å². The molecule has 0 bridgehead atoms. The van der Waals surface area contributed by atoms with Crippen molar-refractivity contribution >= 4 is 22.8 Å². The maximum absolute atomic E-state index is 3.61. The summed E-state index contributed by atoms with van der Waals surface area (Å²) in [4.78, 5) is 2.56. The predicted octanol–water partition coefficient (Wildman–Crippen LogP) is 4.79. The maximum Gasteiger partial charge on any atom is 0.269 e. The van der Waals surface area contributed by atoms with Gasteiger partial charge in [-0.2, -0.15) is 0 Å². The van der Waals surface area contributed by atoms with Gasteiger partial charge in [-0.05, 0) is 31.0 Å². The van der Waals surface area contributed by atoms with Crippen LogP contribution in [-0.2, 0) is 0 Å². The number of benzene rings is 3. The Balaban J connectivity index is 1.92. The highest BCUT2D eigenvalue weighted by Crippen LogP contribution is 2.39. The molecule has 0 saturated carbocycles. The van der Waals surface area contributed by atoms with Crippen molar-refractivity contribution in [2.45, 2.75) is 23.6 Å². The molecular formula is C21H16N2S. The molecule has 0 saturated heterocycles. The van der Waals surface area contributed by atoms with Crippen molar-refractivity contribution in [1.82, 2.24) is 4.57 Å². The van der Waals surface area contributed by atoms with Crippen LogP contribution in [0.5, 0.6) is 0 Å². The van der Waals surface area contributed by atoms with Gasteiger partial charge in [0.25, 0.3) is 6.33 Å². The predicted molar refractivity (Wildman–Crippen MR) is 97.2 cm³/mol. The molecule has 1 aliphatic rings. The van der Waals surface area contributed by atoms with Crippen molar-refractivity contribution in [2.24, 2.45) is 0 Å². The second-order valence-corrected chi connectivity index (χ2v) is 7.29. The van der Waals surface area contributed by atoms with E-state index in [0.717, 1.165) is 0 Å². The minimum absolute atomic E-state index is 1.20. The highest BCUT2D eigenvalue weighted by atomic mass is 32.2. The van der Waals surface area contributed by atoms with Gasteiger partial charge in [0.05, 0.1) is 22.4 Å². The summed E-state index contributed by atoms with van der Waals surface area (Å²) in [6.45, 7) is 4.33.